The summed E-state index contributed by atoms with van der Waals surface area (Å²) in [5.41, 5.74) is 0. The highest BCUT2D eigenvalue weighted by Gasteiger charge is 2.19. The van der Waals surface area contributed by atoms with E-state index in [4.69, 9.17) is 4.74 Å². The Kier molecular flexibility index (Phi) is 10.2. The molecule has 0 fully saturated rings. The molecule has 0 spiro atoms. The molecule has 3 heteroatoms. The Labute approximate surface area is 92.9 Å². The molecule has 0 unspecified atom stereocenters. The molecule has 80 valence electrons. The highest BCUT2D eigenvalue weighted by atomic mass is 79.9. The minimum absolute atomic E-state index is 0. The summed E-state index contributed by atoms with van der Waals surface area (Å²) < 4.78 is 6.29. The zero-order valence-electron chi connectivity index (χ0n) is 9.05. The minimum atomic E-state index is 0. The zero-order chi connectivity index (χ0) is 9.45. The lowest BCUT2D eigenvalue weighted by Gasteiger charge is -2.35. The van der Waals surface area contributed by atoms with E-state index in [1.54, 1.807) is 0 Å². The van der Waals surface area contributed by atoms with E-state index in [2.05, 4.69) is 27.4 Å². The molecule has 0 heterocycles. The highest BCUT2D eigenvalue weighted by molar-refractivity contribution is 4.48. The average Bonchev–Trinajstić information content (AvgIpc) is 2.14. The normalized spacial score (nSPS) is 10.4. The van der Waals surface area contributed by atoms with E-state index in [9.17, 15) is 0 Å². The maximum atomic E-state index is 5.14. The van der Waals surface area contributed by atoms with Crippen molar-refractivity contribution in [3.63, 3.8) is 0 Å². The van der Waals surface area contributed by atoms with E-state index < -0.39 is 0 Å². The smallest absolute Gasteiger partial charge is 0.136 e. The fourth-order valence-electron chi connectivity index (χ4n) is 1.47. The number of hydrogen-bond donors (Lipinski definition) is 0. The van der Waals surface area contributed by atoms with E-state index in [1.807, 2.05) is 0 Å². The summed E-state index contributed by atoms with van der Waals surface area (Å²) in [6, 6.07) is 0. The summed E-state index contributed by atoms with van der Waals surface area (Å²) in [6.45, 7) is 15.7. The Morgan fingerprint density at radius 1 is 1.15 bits per heavy atom. The predicted octanol–water partition coefficient (Wildman–Crippen LogP) is -0.973. The first-order valence-electron chi connectivity index (χ1n) is 4.82. The van der Waals surface area contributed by atoms with Gasteiger partial charge in [0, 0.05) is 0 Å². The van der Waals surface area contributed by atoms with Crippen LogP contribution in [-0.4, -0.2) is 37.3 Å². The average molecular weight is 252 g/mol. The molecule has 2 nitrogen and oxygen atoms in total. The zero-order valence-corrected chi connectivity index (χ0v) is 10.6. The van der Waals surface area contributed by atoms with E-state index in [0.29, 0.717) is 0 Å². The van der Waals surface area contributed by atoms with Gasteiger partial charge in [-0.25, -0.2) is 0 Å². The second-order valence-corrected chi connectivity index (χ2v) is 3.05. The largest absolute Gasteiger partial charge is 1.00 e. The van der Waals surface area contributed by atoms with Crippen molar-refractivity contribution in [2.75, 3.05) is 32.8 Å². The van der Waals surface area contributed by atoms with Crippen LogP contribution in [0.3, 0.4) is 0 Å². The Morgan fingerprint density at radius 3 is 1.92 bits per heavy atom. The number of ether oxygens (including phenoxy) is 1. The molecule has 0 bridgehead atoms. The molecule has 0 aliphatic heterocycles. The first-order valence-corrected chi connectivity index (χ1v) is 4.82. The van der Waals surface area contributed by atoms with Crippen LogP contribution >= 0.6 is 0 Å². The van der Waals surface area contributed by atoms with Crippen molar-refractivity contribution in [2.24, 2.45) is 0 Å². The molecule has 0 amide bonds. The van der Waals surface area contributed by atoms with E-state index in [0.717, 1.165) is 17.6 Å². The van der Waals surface area contributed by atoms with Crippen LogP contribution in [0.1, 0.15) is 20.8 Å². The van der Waals surface area contributed by atoms with Crippen LogP contribution in [0.25, 0.3) is 0 Å². The molecule has 0 aliphatic carbocycles. The quantitative estimate of drug-likeness (QED) is 0.322. The maximum absolute atomic E-state index is 5.14. The van der Waals surface area contributed by atoms with Crippen LogP contribution in [0.2, 0.25) is 0 Å². The fraction of sp³-hybridized carbons (Fsp3) is 0.800. The van der Waals surface area contributed by atoms with Crippen molar-refractivity contribution in [3.05, 3.63) is 12.8 Å². The monoisotopic (exact) mass is 251 g/mol. The lowest BCUT2D eigenvalue weighted by Crippen LogP contribution is -3.00. The second kappa shape index (κ2) is 8.57. The molecule has 0 saturated heterocycles. The minimum Gasteiger partial charge on any atom is -1.00 e. The summed E-state index contributed by atoms with van der Waals surface area (Å²) in [5, 5.41) is 0. The number of hydrogen-bond acceptors (Lipinski definition) is 1. The van der Waals surface area contributed by atoms with Gasteiger partial charge >= 0.3 is 0 Å². The molecule has 0 aromatic heterocycles. The van der Waals surface area contributed by atoms with Crippen LogP contribution < -0.4 is 17.0 Å². The predicted molar refractivity (Wildman–Crippen MR) is 52.9 cm³/mol. The van der Waals surface area contributed by atoms with Gasteiger partial charge in [0.2, 0.25) is 0 Å². The molecular formula is C10H22BrNO. The van der Waals surface area contributed by atoms with Crippen molar-refractivity contribution < 1.29 is 26.2 Å². The van der Waals surface area contributed by atoms with E-state index >= 15 is 0 Å². The standard InChI is InChI=1S/C10H22NO.BrH/c1-5-11(6-2,7-3)9-10-12-8-4;/h8H,4-7,9-10H2,1-3H3;1H/q+1;/p-1. The summed E-state index contributed by atoms with van der Waals surface area (Å²) >= 11 is 0. The summed E-state index contributed by atoms with van der Waals surface area (Å²) in [4.78, 5) is 0. The SMILES string of the molecule is C=COCC[N+](CC)(CC)CC.[Br-]. The van der Waals surface area contributed by atoms with Crippen molar-refractivity contribution >= 4 is 0 Å². The summed E-state index contributed by atoms with van der Waals surface area (Å²) in [5.74, 6) is 0. The van der Waals surface area contributed by atoms with Gasteiger partial charge in [0.15, 0.2) is 0 Å². The topological polar surface area (TPSA) is 9.23 Å². The van der Waals surface area contributed by atoms with E-state index in [1.165, 1.54) is 25.9 Å². The first-order chi connectivity index (χ1) is 5.74. The fourth-order valence-corrected chi connectivity index (χ4v) is 1.47. The van der Waals surface area contributed by atoms with Gasteiger partial charge in [-0.15, -0.1) is 0 Å². The molecular weight excluding hydrogens is 230 g/mol. The summed E-state index contributed by atoms with van der Waals surface area (Å²) in [6.07, 6.45) is 1.52. The van der Waals surface area contributed by atoms with Crippen molar-refractivity contribution in [3.8, 4) is 0 Å². The third-order valence-corrected chi connectivity index (χ3v) is 2.81. The van der Waals surface area contributed by atoms with Crippen molar-refractivity contribution in [1.82, 2.24) is 0 Å². The third-order valence-electron chi connectivity index (χ3n) is 2.81. The number of halogens is 1. The molecule has 0 aliphatic rings. The van der Waals surface area contributed by atoms with Gasteiger partial charge in [-0.3, -0.25) is 0 Å². The van der Waals surface area contributed by atoms with Gasteiger partial charge in [0.1, 0.15) is 13.2 Å². The second-order valence-electron chi connectivity index (χ2n) is 3.05. The number of rotatable bonds is 7. The Hall–Kier alpha value is -0.0200. The van der Waals surface area contributed by atoms with Crippen LogP contribution in [0.5, 0.6) is 0 Å². The molecule has 0 rings (SSSR count). The van der Waals surface area contributed by atoms with E-state index in [-0.39, 0.29) is 17.0 Å². The van der Waals surface area contributed by atoms with Gasteiger partial charge in [0.25, 0.3) is 0 Å². The highest BCUT2D eigenvalue weighted by Crippen LogP contribution is 2.04. The van der Waals surface area contributed by atoms with Crippen LogP contribution in [0.4, 0.5) is 0 Å². The Bertz CT molecular complexity index is 116. The number of likely N-dealkylation sites (N-methyl/N-ethyl adjacent to an activating group) is 1. The molecule has 0 N–H and O–H groups in total. The van der Waals surface area contributed by atoms with Gasteiger partial charge < -0.3 is 26.2 Å². The maximum Gasteiger partial charge on any atom is 0.136 e. The molecule has 0 aromatic rings. The van der Waals surface area contributed by atoms with Crippen LogP contribution in [0.15, 0.2) is 12.8 Å². The van der Waals surface area contributed by atoms with Crippen LogP contribution in [0, 0.1) is 0 Å². The Balaban J connectivity index is 0. The van der Waals surface area contributed by atoms with Gasteiger partial charge in [-0.05, 0) is 20.8 Å². The lowest BCUT2D eigenvalue weighted by atomic mass is 10.3. The van der Waals surface area contributed by atoms with Crippen molar-refractivity contribution in [2.45, 2.75) is 20.8 Å². The number of quaternary nitrogens is 1. The molecule has 0 saturated carbocycles. The van der Waals surface area contributed by atoms with Crippen molar-refractivity contribution in [1.29, 1.82) is 0 Å². The summed E-state index contributed by atoms with van der Waals surface area (Å²) in [7, 11) is 0. The first kappa shape index (κ1) is 15.5. The molecule has 0 atom stereocenters. The molecule has 0 radical (unpaired) electrons. The van der Waals surface area contributed by atoms with Gasteiger partial charge in [0.05, 0.1) is 25.9 Å². The van der Waals surface area contributed by atoms with Gasteiger partial charge in [-0.1, -0.05) is 6.58 Å². The number of nitrogens with zero attached hydrogens (tertiary/aromatic N) is 1. The third kappa shape index (κ3) is 5.32. The Morgan fingerprint density at radius 2 is 1.62 bits per heavy atom. The lowest BCUT2D eigenvalue weighted by molar-refractivity contribution is -0.923. The van der Waals surface area contributed by atoms with Gasteiger partial charge in [-0.2, -0.15) is 0 Å². The molecule has 13 heavy (non-hydrogen) atoms. The molecule has 0 aromatic carbocycles. The van der Waals surface area contributed by atoms with Crippen LogP contribution in [-0.2, 0) is 4.74 Å².